The first kappa shape index (κ1) is 31.1. The van der Waals surface area contributed by atoms with Crippen LogP contribution < -0.4 is 24.4 Å². The lowest BCUT2D eigenvalue weighted by atomic mass is 9.94. The van der Waals surface area contributed by atoms with Gasteiger partial charge in [-0.2, -0.15) is 0 Å². The van der Waals surface area contributed by atoms with E-state index < -0.39 is 22.5 Å². The van der Waals surface area contributed by atoms with Gasteiger partial charge in [-0.3, -0.25) is 19.5 Å². The molecule has 12 heteroatoms. The van der Waals surface area contributed by atoms with Crippen molar-refractivity contribution in [2.75, 3.05) is 13.7 Å². The van der Waals surface area contributed by atoms with Crippen LogP contribution in [-0.2, 0) is 16.1 Å². The third-order valence-electron chi connectivity index (χ3n) is 7.04. The molecule has 0 saturated carbocycles. The topological polar surface area (TPSA) is 122 Å². The lowest BCUT2D eigenvalue weighted by molar-refractivity contribution is -0.385. The Balaban J connectivity index is 1.62. The van der Waals surface area contributed by atoms with Crippen LogP contribution in [0.4, 0.5) is 5.69 Å². The van der Waals surface area contributed by atoms with Crippen LogP contribution in [0.2, 0.25) is 0 Å². The quantitative estimate of drug-likeness (QED) is 0.101. The third-order valence-corrected chi connectivity index (χ3v) is 8.82. The Kier molecular flexibility index (Phi) is 9.30. The SMILES string of the molecule is CCOC(=O)C1=C(C)N=c2s/c(=C/c3cc(I)c(OCc4ccccc4)c(OC)c3)c(=O)n2[C@H]1c1ccc(C)c([N+](=O)[O-])c1. The Morgan fingerprint density at radius 2 is 1.91 bits per heavy atom. The number of fused-ring (bicyclic) bond motifs is 1. The van der Waals surface area contributed by atoms with E-state index in [2.05, 4.69) is 27.6 Å². The highest BCUT2D eigenvalue weighted by Gasteiger charge is 2.34. The number of hydrogen-bond donors (Lipinski definition) is 0. The summed E-state index contributed by atoms with van der Waals surface area (Å²) in [6, 6.07) is 17.2. The minimum absolute atomic E-state index is 0.112. The van der Waals surface area contributed by atoms with Crippen LogP contribution in [0.5, 0.6) is 11.5 Å². The van der Waals surface area contributed by atoms with Gasteiger partial charge in [0.05, 0.1) is 44.1 Å². The molecule has 0 radical (unpaired) electrons. The molecule has 10 nitrogen and oxygen atoms in total. The van der Waals surface area contributed by atoms with Crippen LogP contribution >= 0.6 is 33.9 Å². The number of esters is 1. The fourth-order valence-corrected chi connectivity index (χ4v) is 6.77. The molecule has 0 unspecified atom stereocenters. The largest absolute Gasteiger partial charge is 0.493 e. The molecule has 0 bridgehead atoms. The van der Waals surface area contributed by atoms with E-state index >= 15 is 0 Å². The van der Waals surface area contributed by atoms with Crippen molar-refractivity contribution in [3.8, 4) is 11.5 Å². The lowest BCUT2D eigenvalue weighted by Gasteiger charge is -2.24. The maximum absolute atomic E-state index is 14.0. The standard InChI is InChI=1S/C32H28IN3O7S/c1-5-42-31(38)27-19(3)34-32-35(28(27)22-12-11-18(2)24(16-22)36(39)40)30(37)26(44-32)15-21-13-23(33)29(25(14-21)41-4)43-17-20-9-7-6-8-10-20/h6-16,28H,5,17H2,1-4H3/b26-15+/t28-/m0/s1. The highest BCUT2D eigenvalue weighted by atomic mass is 127. The summed E-state index contributed by atoms with van der Waals surface area (Å²) in [5, 5.41) is 11.8. The van der Waals surface area contributed by atoms with Crippen molar-refractivity contribution in [3.05, 3.63) is 128 Å². The molecular formula is C32H28IN3O7S. The fraction of sp³-hybridized carbons (Fsp3) is 0.219. The molecule has 0 spiro atoms. The molecule has 0 N–H and O–H groups in total. The normalized spacial score (nSPS) is 14.6. The number of allylic oxidation sites excluding steroid dienone is 1. The second kappa shape index (κ2) is 13.1. The van der Waals surface area contributed by atoms with E-state index in [-0.39, 0.29) is 17.9 Å². The van der Waals surface area contributed by atoms with Crippen molar-refractivity contribution in [1.29, 1.82) is 0 Å². The number of rotatable bonds is 9. The van der Waals surface area contributed by atoms with Gasteiger partial charge in [-0.1, -0.05) is 53.8 Å². The van der Waals surface area contributed by atoms with E-state index in [1.807, 2.05) is 36.4 Å². The van der Waals surface area contributed by atoms with Gasteiger partial charge in [-0.15, -0.1) is 0 Å². The average molecular weight is 726 g/mol. The van der Waals surface area contributed by atoms with Crippen LogP contribution in [-0.4, -0.2) is 29.2 Å². The molecular weight excluding hydrogens is 697 g/mol. The van der Waals surface area contributed by atoms with Crippen LogP contribution in [0.25, 0.3) is 6.08 Å². The van der Waals surface area contributed by atoms with Crippen LogP contribution in [0, 0.1) is 20.6 Å². The average Bonchev–Trinajstić information content (AvgIpc) is 3.30. The summed E-state index contributed by atoms with van der Waals surface area (Å²) in [5.74, 6) is 0.463. The first-order chi connectivity index (χ1) is 21.1. The lowest BCUT2D eigenvalue weighted by Crippen LogP contribution is -2.40. The molecule has 1 aliphatic rings. The minimum Gasteiger partial charge on any atom is -0.493 e. The number of aromatic nitrogens is 1. The summed E-state index contributed by atoms with van der Waals surface area (Å²) in [6.45, 7) is 5.47. The Morgan fingerprint density at radius 3 is 2.59 bits per heavy atom. The summed E-state index contributed by atoms with van der Waals surface area (Å²) in [5.41, 5.74) is 2.61. The summed E-state index contributed by atoms with van der Waals surface area (Å²) in [4.78, 5) is 43.4. The molecule has 1 aliphatic heterocycles. The van der Waals surface area contributed by atoms with Crippen molar-refractivity contribution >= 4 is 51.7 Å². The van der Waals surface area contributed by atoms with Crippen molar-refractivity contribution < 1.29 is 23.9 Å². The Morgan fingerprint density at radius 1 is 1.16 bits per heavy atom. The summed E-state index contributed by atoms with van der Waals surface area (Å²) in [7, 11) is 1.55. The predicted octanol–water partition coefficient (Wildman–Crippen LogP) is 5.21. The smallest absolute Gasteiger partial charge is 0.338 e. The molecule has 0 amide bonds. The van der Waals surface area contributed by atoms with Crippen molar-refractivity contribution in [1.82, 2.24) is 4.57 Å². The number of nitro groups is 1. The zero-order valence-corrected chi connectivity index (χ0v) is 27.3. The number of ether oxygens (including phenoxy) is 3. The van der Waals surface area contributed by atoms with Gasteiger partial charge in [0.2, 0.25) is 0 Å². The molecule has 4 aromatic rings. The number of hydrogen-bond acceptors (Lipinski definition) is 9. The monoisotopic (exact) mass is 725 g/mol. The number of carbonyl (C=O) groups is 1. The zero-order chi connectivity index (χ0) is 31.5. The molecule has 2 heterocycles. The molecule has 3 aromatic carbocycles. The highest BCUT2D eigenvalue weighted by Crippen LogP contribution is 2.35. The van der Waals surface area contributed by atoms with E-state index in [0.717, 1.165) is 20.5 Å². The van der Waals surface area contributed by atoms with Crippen LogP contribution in [0.1, 0.15) is 42.1 Å². The first-order valence-corrected chi connectivity index (χ1v) is 15.5. The van der Waals surface area contributed by atoms with E-state index in [1.165, 1.54) is 10.6 Å². The van der Waals surface area contributed by atoms with Gasteiger partial charge < -0.3 is 14.2 Å². The minimum atomic E-state index is -0.963. The van der Waals surface area contributed by atoms with Gasteiger partial charge >= 0.3 is 5.97 Å². The van der Waals surface area contributed by atoms with Gasteiger partial charge in [0, 0.05) is 11.6 Å². The van der Waals surface area contributed by atoms with Crippen LogP contribution in [0.15, 0.2) is 81.7 Å². The number of aryl methyl sites for hydroxylation is 1. The zero-order valence-electron chi connectivity index (χ0n) is 24.3. The molecule has 1 aromatic heterocycles. The Bertz CT molecular complexity index is 1980. The van der Waals surface area contributed by atoms with E-state index in [9.17, 15) is 19.7 Å². The number of nitrogens with zero attached hydrogens (tertiary/aromatic N) is 3. The second-order valence-corrected chi connectivity index (χ2v) is 12.1. The molecule has 44 heavy (non-hydrogen) atoms. The van der Waals surface area contributed by atoms with E-state index in [1.54, 1.807) is 52.2 Å². The number of benzene rings is 3. The van der Waals surface area contributed by atoms with Crippen LogP contribution in [0.3, 0.4) is 0 Å². The molecule has 5 rings (SSSR count). The number of methoxy groups -OCH3 is 1. The molecule has 0 saturated heterocycles. The molecule has 226 valence electrons. The predicted molar refractivity (Wildman–Crippen MR) is 175 cm³/mol. The van der Waals surface area contributed by atoms with Gasteiger partial charge in [-0.05, 0) is 78.3 Å². The van der Waals surface area contributed by atoms with Gasteiger partial charge in [-0.25, -0.2) is 9.79 Å². The number of nitro benzene ring substituents is 1. The first-order valence-electron chi connectivity index (χ1n) is 13.6. The molecule has 1 atom stereocenters. The Labute approximate surface area is 270 Å². The summed E-state index contributed by atoms with van der Waals surface area (Å²) >= 11 is 3.34. The number of carbonyl (C=O) groups excluding carboxylic acids is 1. The maximum atomic E-state index is 14.0. The summed E-state index contributed by atoms with van der Waals surface area (Å²) < 4.78 is 19.6. The van der Waals surface area contributed by atoms with Crippen molar-refractivity contribution in [2.24, 2.45) is 4.99 Å². The van der Waals surface area contributed by atoms with E-state index in [0.29, 0.717) is 49.8 Å². The highest BCUT2D eigenvalue weighted by molar-refractivity contribution is 14.1. The third kappa shape index (κ3) is 6.17. The maximum Gasteiger partial charge on any atom is 0.338 e. The van der Waals surface area contributed by atoms with Gasteiger partial charge in [0.25, 0.3) is 11.2 Å². The Hall–Kier alpha value is -4.30. The van der Waals surface area contributed by atoms with Gasteiger partial charge in [0.1, 0.15) is 6.61 Å². The van der Waals surface area contributed by atoms with Crippen molar-refractivity contribution in [2.45, 2.75) is 33.4 Å². The molecule has 0 fully saturated rings. The number of thiazole rings is 1. The van der Waals surface area contributed by atoms with Gasteiger partial charge in [0.15, 0.2) is 16.3 Å². The van der Waals surface area contributed by atoms with E-state index in [4.69, 9.17) is 14.2 Å². The van der Waals surface area contributed by atoms with Crippen molar-refractivity contribution in [3.63, 3.8) is 0 Å². The number of halogens is 1. The molecule has 0 aliphatic carbocycles. The second-order valence-electron chi connectivity index (χ2n) is 9.91. The summed E-state index contributed by atoms with van der Waals surface area (Å²) in [6.07, 6.45) is 1.73. The fourth-order valence-electron chi connectivity index (χ4n) is 4.94.